The van der Waals surface area contributed by atoms with E-state index in [0.717, 1.165) is 25.9 Å². The molecule has 1 aliphatic heterocycles. The van der Waals surface area contributed by atoms with Gasteiger partial charge in [-0.1, -0.05) is 42.5 Å². The van der Waals surface area contributed by atoms with Gasteiger partial charge in [0, 0.05) is 45.3 Å². The molecular weight excluding hydrogens is 393 g/mol. The van der Waals surface area contributed by atoms with Gasteiger partial charge in [0.25, 0.3) is 5.91 Å². The van der Waals surface area contributed by atoms with Crippen LogP contribution in [-0.2, 0) is 6.54 Å². The number of likely N-dealkylation sites (tertiary alicyclic amines) is 1. The maximum Gasteiger partial charge on any atom is 0.254 e. The number of carbonyl (C=O) groups is 1. The van der Waals surface area contributed by atoms with Gasteiger partial charge >= 0.3 is 0 Å². The minimum absolute atomic E-state index is 0.0567. The molecule has 2 atom stereocenters. The number of benzene rings is 2. The summed E-state index contributed by atoms with van der Waals surface area (Å²) in [4.78, 5) is 18.9. The molecular formula is C24H32FN5O. The van der Waals surface area contributed by atoms with Crippen LogP contribution in [0.3, 0.4) is 0 Å². The molecule has 0 spiro atoms. The molecule has 7 heteroatoms. The number of rotatable bonds is 7. The van der Waals surface area contributed by atoms with E-state index in [2.05, 4.69) is 57.0 Å². The van der Waals surface area contributed by atoms with Crippen molar-refractivity contribution in [2.45, 2.75) is 38.4 Å². The Balaban J connectivity index is 1.38. The van der Waals surface area contributed by atoms with Crippen LogP contribution in [0.25, 0.3) is 0 Å². The number of hydrogen-bond donors (Lipinski definition) is 3. The van der Waals surface area contributed by atoms with Crippen LogP contribution >= 0.6 is 0 Å². The number of nitrogens with one attached hydrogen (secondary N) is 3. The lowest BCUT2D eigenvalue weighted by molar-refractivity contribution is 0.0950. The lowest BCUT2D eigenvalue weighted by Gasteiger charge is -2.38. The van der Waals surface area contributed by atoms with Crippen molar-refractivity contribution >= 4 is 11.9 Å². The van der Waals surface area contributed by atoms with Crippen molar-refractivity contribution in [3.63, 3.8) is 0 Å². The fourth-order valence-electron chi connectivity index (χ4n) is 3.89. The van der Waals surface area contributed by atoms with Crippen molar-refractivity contribution in [2.75, 3.05) is 26.7 Å². The third kappa shape index (κ3) is 6.79. The lowest BCUT2D eigenvalue weighted by Crippen LogP contribution is -2.52. The Kier molecular flexibility index (Phi) is 8.41. The first-order valence-electron chi connectivity index (χ1n) is 10.8. The topological polar surface area (TPSA) is 68.8 Å². The van der Waals surface area contributed by atoms with Crippen molar-refractivity contribution in [3.8, 4) is 0 Å². The minimum atomic E-state index is -0.516. The van der Waals surface area contributed by atoms with E-state index in [1.165, 1.54) is 17.7 Å². The van der Waals surface area contributed by atoms with Crippen LogP contribution in [0.15, 0.2) is 59.6 Å². The highest BCUT2D eigenvalue weighted by atomic mass is 19.1. The molecule has 3 N–H and O–H groups in total. The first kappa shape index (κ1) is 22.7. The molecule has 0 saturated carbocycles. The second-order valence-electron chi connectivity index (χ2n) is 7.91. The van der Waals surface area contributed by atoms with E-state index in [9.17, 15) is 9.18 Å². The predicted octanol–water partition coefficient (Wildman–Crippen LogP) is 2.77. The summed E-state index contributed by atoms with van der Waals surface area (Å²) in [6.45, 7) is 5.15. The number of nitrogens with zero attached hydrogens (tertiary/aromatic N) is 2. The molecule has 2 aromatic rings. The first-order valence-corrected chi connectivity index (χ1v) is 10.8. The highest BCUT2D eigenvalue weighted by molar-refractivity contribution is 5.94. The van der Waals surface area contributed by atoms with E-state index in [1.807, 2.05) is 6.07 Å². The summed E-state index contributed by atoms with van der Waals surface area (Å²) in [5.74, 6) is -0.213. The second kappa shape index (κ2) is 11.5. The van der Waals surface area contributed by atoms with Gasteiger partial charge in [0.15, 0.2) is 5.96 Å². The van der Waals surface area contributed by atoms with Gasteiger partial charge in [-0.2, -0.15) is 0 Å². The van der Waals surface area contributed by atoms with Crippen molar-refractivity contribution in [1.82, 2.24) is 20.9 Å². The minimum Gasteiger partial charge on any atom is -0.355 e. The van der Waals surface area contributed by atoms with Crippen LogP contribution < -0.4 is 16.0 Å². The van der Waals surface area contributed by atoms with Gasteiger partial charge in [0.05, 0.1) is 5.56 Å². The largest absolute Gasteiger partial charge is 0.355 e. The molecule has 0 aromatic heterocycles. The molecule has 166 valence electrons. The molecule has 0 aliphatic carbocycles. The van der Waals surface area contributed by atoms with E-state index in [4.69, 9.17) is 0 Å². The maximum absolute atomic E-state index is 13.7. The van der Waals surface area contributed by atoms with Crippen LogP contribution in [0.1, 0.15) is 35.7 Å². The first-order chi connectivity index (χ1) is 15.1. The Bertz CT molecular complexity index is 873. The average molecular weight is 426 g/mol. The smallest absolute Gasteiger partial charge is 0.254 e. The molecule has 31 heavy (non-hydrogen) atoms. The molecule has 6 nitrogen and oxygen atoms in total. The highest BCUT2D eigenvalue weighted by Gasteiger charge is 2.25. The van der Waals surface area contributed by atoms with Crippen molar-refractivity contribution in [1.29, 1.82) is 0 Å². The normalized spacial score (nSPS) is 19.6. The standard InChI is InChI=1S/C24H32FN5O/c1-18-16-20(12-15-30(18)17-19-8-4-3-5-9-19)29-24(26-2)28-14-13-27-23(31)21-10-6-7-11-22(21)25/h3-11,18,20H,12-17H2,1-2H3,(H,27,31)(H2,26,28,29). The number of halogens is 1. The number of amides is 1. The quantitative estimate of drug-likeness (QED) is 0.363. The molecule has 1 fully saturated rings. The van der Waals surface area contributed by atoms with Crippen LogP contribution in [0.2, 0.25) is 0 Å². The van der Waals surface area contributed by atoms with Gasteiger partial charge in [-0.3, -0.25) is 14.7 Å². The van der Waals surface area contributed by atoms with Gasteiger partial charge in [-0.25, -0.2) is 4.39 Å². The van der Waals surface area contributed by atoms with E-state index in [1.54, 1.807) is 19.2 Å². The van der Waals surface area contributed by atoms with Gasteiger partial charge < -0.3 is 16.0 Å². The summed E-state index contributed by atoms with van der Waals surface area (Å²) in [5, 5.41) is 9.44. The molecule has 1 saturated heterocycles. The fourth-order valence-corrected chi connectivity index (χ4v) is 3.89. The summed E-state index contributed by atoms with van der Waals surface area (Å²) in [6, 6.07) is 17.4. The number of carbonyl (C=O) groups excluding carboxylic acids is 1. The van der Waals surface area contributed by atoms with Crippen LogP contribution in [0.5, 0.6) is 0 Å². The monoisotopic (exact) mass is 425 g/mol. The molecule has 1 heterocycles. The molecule has 2 unspecified atom stereocenters. The van der Waals surface area contributed by atoms with E-state index >= 15 is 0 Å². The average Bonchev–Trinajstić information content (AvgIpc) is 2.78. The number of guanidine groups is 1. The Labute approximate surface area is 183 Å². The second-order valence-corrected chi connectivity index (χ2v) is 7.91. The maximum atomic E-state index is 13.7. The van der Waals surface area contributed by atoms with Crippen LogP contribution in [0, 0.1) is 5.82 Å². The third-order valence-corrected chi connectivity index (χ3v) is 5.63. The van der Waals surface area contributed by atoms with Crippen LogP contribution in [-0.4, -0.2) is 55.5 Å². The highest BCUT2D eigenvalue weighted by Crippen LogP contribution is 2.19. The zero-order valence-corrected chi connectivity index (χ0v) is 18.3. The summed E-state index contributed by atoms with van der Waals surface area (Å²) in [5.41, 5.74) is 1.40. The van der Waals surface area contributed by atoms with E-state index < -0.39 is 11.7 Å². The van der Waals surface area contributed by atoms with Gasteiger partial charge in [0.2, 0.25) is 0 Å². The van der Waals surface area contributed by atoms with Crippen molar-refractivity contribution in [2.24, 2.45) is 4.99 Å². The van der Waals surface area contributed by atoms with Gasteiger partial charge in [-0.15, -0.1) is 0 Å². The number of piperidine rings is 1. The summed E-state index contributed by atoms with van der Waals surface area (Å²) >= 11 is 0. The van der Waals surface area contributed by atoms with Gasteiger partial charge in [-0.05, 0) is 37.5 Å². The Morgan fingerprint density at radius 3 is 2.52 bits per heavy atom. The van der Waals surface area contributed by atoms with Gasteiger partial charge in [0.1, 0.15) is 5.82 Å². The lowest BCUT2D eigenvalue weighted by atomic mass is 9.97. The summed E-state index contributed by atoms with van der Waals surface area (Å²) in [6.07, 6.45) is 2.08. The molecule has 1 aliphatic rings. The Hall–Kier alpha value is -2.93. The Morgan fingerprint density at radius 1 is 1.10 bits per heavy atom. The van der Waals surface area contributed by atoms with Crippen LogP contribution in [0.4, 0.5) is 4.39 Å². The number of aliphatic imine (C=N–C) groups is 1. The zero-order chi connectivity index (χ0) is 22.1. The SMILES string of the molecule is CN=C(NCCNC(=O)c1ccccc1F)NC1CCN(Cc2ccccc2)C(C)C1. The van der Waals surface area contributed by atoms with Crippen molar-refractivity contribution < 1.29 is 9.18 Å². The van der Waals surface area contributed by atoms with Crippen molar-refractivity contribution in [3.05, 3.63) is 71.5 Å². The molecule has 2 aromatic carbocycles. The molecule has 1 amide bonds. The third-order valence-electron chi connectivity index (χ3n) is 5.63. The van der Waals surface area contributed by atoms with E-state index in [-0.39, 0.29) is 5.56 Å². The Morgan fingerprint density at radius 2 is 1.81 bits per heavy atom. The molecule has 0 bridgehead atoms. The predicted molar refractivity (Wildman–Crippen MR) is 123 cm³/mol. The molecule has 3 rings (SSSR count). The zero-order valence-electron chi connectivity index (χ0n) is 18.3. The summed E-state index contributed by atoms with van der Waals surface area (Å²) in [7, 11) is 1.74. The van der Waals surface area contributed by atoms with E-state index in [0.29, 0.717) is 31.1 Å². The number of hydrogen-bond acceptors (Lipinski definition) is 3. The fraction of sp³-hybridized carbons (Fsp3) is 0.417. The summed E-state index contributed by atoms with van der Waals surface area (Å²) < 4.78 is 13.7. The molecule has 0 radical (unpaired) electrons.